The lowest BCUT2D eigenvalue weighted by molar-refractivity contribution is 0.0332. The van der Waals surface area contributed by atoms with Gasteiger partial charge in [-0.25, -0.2) is 4.98 Å². The predicted octanol–water partition coefficient (Wildman–Crippen LogP) is 1.26. The van der Waals surface area contributed by atoms with Gasteiger partial charge in [0.1, 0.15) is 5.82 Å². The molecule has 1 heterocycles. The number of aryl methyl sites for hydroxylation is 1. The van der Waals surface area contributed by atoms with E-state index in [0.29, 0.717) is 19.8 Å². The van der Waals surface area contributed by atoms with Gasteiger partial charge in [-0.2, -0.15) is 0 Å². The van der Waals surface area contributed by atoms with Crippen LogP contribution in [0.4, 0.5) is 0 Å². The van der Waals surface area contributed by atoms with E-state index < -0.39 is 6.10 Å². The molecule has 0 saturated carbocycles. The number of hydrogen-bond donors (Lipinski definition) is 2. The largest absolute Gasteiger partial charge is 0.389 e. The number of hydrogen-bond acceptors (Lipinski definition) is 4. The van der Waals surface area contributed by atoms with Crippen molar-refractivity contribution in [3.05, 3.63) is 17.7 Å². The maximum Gasteiger partial charge on any atom is 0.105 e. The summed E-state index contributed by atoms with van der Waals surface area (Å²) in [7, 11) is 0. The molecule has 1 aromatic heterocycles. The second-order valence-electron chi connectivity index (χ2n) is 4.46. The van der Waals surface area contributed by atoms with E-state index in [1.165, 1.54) is 0 Å². The molecule has 0 aromatic carbocycles. The number of aliphatic hydroxyl groups is 1. The number of aromatic nitrogens is 2. The summed E-state index contributed by atoms with van der Waals surface area (Å²) in [6.07, 6.45) is 1.51. The molecule has 1 aromatic rings. The quantitative estimate of drug-likeness (QED) is 0.734. The van der Waals surface area contributed by atoms with E-state index in [1.807, 2.05) is 24.6 Å². The smallest absolute Gasteiger partial charge is 0.105 e. The number of aliphatic hydroxyl groups excluding tert-OH is 1. The Morgan fingerprint density at radius 2 is 2.22 bits per heavy atom. The van der Waals surface area contributed by atoms with Crippen molar-refractivity contribution in [2.45, 2.75) is 46.4 Å². The van der Waals surface area contributed by atoms with Crippen LogP contribution in [0, 0.1) is 6.92 Å². The number of ether oxygens (including phenoxy) is 1. The van der Waals surface area contributed by atoms with Crippen LogP contribution in [0.2, 0.25) is 0 Å². The third-order valence-electron chi connectivity index (χ3n) is 2.87. The normalized spacial score (nSPS) is 14.7. The average molecular weight is 255 g/mol. The predicted molar refractivity (Wildman–Crippen MR) is 71.6 cm³/mol. The van der Waals surface area contributed by atoms with Gasteiger partial charge in [-0.05, 0) is 27.3 Å². The van der Waals surface area contributed by atoms with E-state index in [2.05, 4.69) is 24.1 Å². The van der Waals surface area contributed by atoms with E-state index in [4.69, 9.17) is 4.74 Å². The summed E-state index contributed by atoms with van der Waals surface area (Å²) < 4.78 is 7.18. The Hall–Kier alpha value is -0.910. The molecule has 0 fully saturated rings. The molecule has 2 N–H and O–H groups in total. The lowest BCUT2D eigenvalue weighted by Gasteiger charge is -2.12. The number of imidazole rings is 1. The molecule has 0 aliphatic carbocycles. The van der Waals surface area contributed by atoms with E-state index in [9.17, 15) is 5.11 Å². The van der Waals surface area contributed by atoms with E-state index in [1.54, 1.807) is 0 Å². The summed E-state index contributed by atoms with van der Waals surface area (Å²) in [5.41, 5.74) is 1.01. The van der Waals surface area contributed by atoms with E-state index in [-0.39, 0.29) is 6.04 Å². The fraction of sp³-hybridized carbons (Fsp3) is 0.769. The third kappa shape index (κ3) is 4.40. The molecule has 1 rings (SSSR count). The summed E-state index contributed by atoms with van der Waals surface area (Å²) in [6.45, 7) is 10.5. The van der Waals surface area contributed by atoms with Crippen molar-refractivity contribution in [3.63, 3.8) is 0 Å². The number of nitrogens with zero attached hydrogens (tertiary/aromatic N) is 2. The highest BCUT2D eigenvalue weighted by molar-refractivity contribution is 5.07. The summed E-state index contributed by atoms with van der Waals surface area (Å²) in [4.78, 5) is 4.51. The van der Waals surface area contributed by atoms with Gasteiger partial charge in [0.15, 0.2) is 0 Å². The average Bonchev–Trinajstić information content (AvgIpc) is 2.69. The van der Waals surface area contributed by atoms with Crippen LogP contribution in [0.3, 0.4) is 0 Å². The Labute approximate surface area is 109 Å². The molecule has 2 atom stereocenters. The lowest BCUT2D eigenvalue weighted by atomic mass is 10.2. The van der Waals surface area contributed by atoms with Gasteiger partial charge < -0.3 is 19.7 Å². The number of rotatable bonds is 8. The van der Waals surface area contributed by atoms with Crippen molar-refractivity contribution in [1.29, 1.82) is 0 Å². The molecule has 0 aliphatic rings. The zero-order chi connectivity index (χ0) is 13.5. The van der Waals surface area contributed by atoms with Gasteiger partial charge in [-0.1, -0.05) is 6.92 Å². The fourth-order valence-corrected chi connectivity index (χ4v) is 1.87. The van der Waals surface area contributed by atoms with Crippen LogP contribution in [0.25, 0.3) is 0 Å². The van der Waals surface area contributed by atoms with Crippen molar-refractivity contribution in [1.82, 2.24) is 14.9 Å². The zero-order valence-electron chi connectivity index (χ0n) is 11.8. The molecule has 0 saturated heterocycles. The van der Waals surface area contributed by atoms with Gasteiger partial charge in [-0.3, -0.25) is 0 Å². The first kappa shape index (κ1) is 15.1. The molecule has 0 spiro atoms. The standard InChI is InChI=1S/C13H25N3O2/c1-5-14-10(3)13-8-16(11(4)15-13)7-12(17)9-18-6-2/h8,10,12,14,17H,5-7,9H2,1-4H3. The molecular formula is C13H25N3O2. The molecule has 5 heteroatoms. The van der Waals surface area contributed by atoms with Gasteiger partial charge in [0, 0.05) is 18.8 Å². The maximum atomic E-state index is 9.82. The highest BCUT2D eigenvalue weighted by Crippen LogP contribution is 2.12. The summed E-state index contributed by atoms with van der Waals surface area (Å²) in [6, 6.07) is 0.235. The van der Waals surface area contributed by atoms with E-state index in [0.717, 1.165) is 18.1 Å². The van der Waals surface area contributed by atoms with Crippen LogP contribution in [-0.4, -0.2) is 40.5 Å². The van der Waals surface area contributed by atoms with Gasteiger partial charge in [0.25, 0.3) is 0 Å². The van der Waals surface area contributed by atoms with Crippen molar-refractivity contribution >= 4 is 0 Å². The fourth-order valence-electron chi connectivity index (χ4n) is 1.87. The van der Waals surface area contributed by atoms with Crippen LogP contribution in [0.15, 0.2) is 6.20 Å². The maximum absolute atomic E-state index is 9.82. The van der Waals surface area contributed by atoms with Crippen molar-refractivity contribution in [3.8, 4) is 0 Å². The molecular weight excluding hydrogens is 230 g/mol. The Bertz CT molecular complexity index is 352. The zero-order valence-corrected chi connectivity index (χ0v) is 11.8. The van der Waals surface area contributed by atoms with Crippen LogP contribution in [0.5, 0.6) is 0 Å². The Morgan fingerprint density at radius 1 is 1.50 bits per heavy atom. The Morgan fingerprint density at radius 3 is 2.83 bits per heavy atom. The summed E-state index contributed by atoms with van der Waals surface area (Å²) in [5.74, 6) is 0.922. The first-order chi connectivity index (χ1) is 8.58. The highest BCUT2D eigenvalue weighted by Gasteiger charge is 2.12. The first-order valence-electron chi connectivity index (χ1n) is 6.61. The second-order valence-corrected chi connectivity index (χ2v) is 4.46. The van der Waals surface area contributed by atoms with Crippen molar-refractivity contribution in [2.24, 2.45) is 0 Å². The highest BCUT2D eigenvalue weighted by atomic mass is 16.5. The number of nitrogens with one attached hydrogen (secondary N) is 1. The monoisotopic (exact) mass is 255 g/mol. The first-order valence-corrected chi connectivity index (χ1v) is 6.61. The lowest BCUT2D eigenvalue weighted by Crippen LogP contribution is -2.22. The van der Waals surface area contributed by atoms with Crippen molar-refractivity contribution < 1.29 is 9.84 Å². The molecule has 18 heavy (non-hydrogen) atoms. The van der Waals surface area contributed by atoms with Crippen LogP contribution < -0.4 is 5.32 Å². The van der Waals surface area contributed by atoms with E-state index >= 15 is 0 Å². The van der Waals surface area contributed by atoms with Gasteiger partial charge >= 0.3 is 0 Å². The minimum absolute atomic E-state index is 0.235. The minimum Gasteiger partial charge on any atom is -0.389 e. The van der Waals surface area contributed by atoms with Gasteiger partial charge in [0.2, 0.25) is 0 Å². The molecule has 0 radical (unpaired) electrons. The molecule has 0 aliphatic heterocycles. The summed E-state index contributed by atoms with van der Waals surface area (Å²) >= 11 is 0. The van der Waals surface area contributed by atoms with Gasteiger partial charge in [0.05, 0.1) is 24.9 Å². The van der Waals surface area contributed by atoms with Crippen LogP contribution >= 0.6 is 0 Å². The Balaban J connectivity index is 2.61. The molecule has 2 unspecified atom stereocenters. The molecule has 0 amide bonds. The van der Waals surface area contributed by atoms with Crippen molar-refractivity contribution in [2.75, 3.05) is 19.8 Å². The minimum atomic E-state index is -0.486. The SMILES string of the molecule is CCNC(C)c1cn(CC(O)COCC)c(C)n1. The third-order valence-corrected chi connectivity index (χ3v) is 2.87. The molecule has 5 nitrogen and oxygen atoms in total. The topological polar surface area (TPSA) is 59.3 Å². The van der Waals surface area contributed by atoms with Crippen LogP contribution in [0.1, 0.15) is 38.3 Å². The molecule has 104 valence electrons. The van der Waals surface area contributed by atoms with Gasteiger partial charge in [-0.15, -0.1) is 0 Å². The Kier molecular flexibility index (Phi) is 6.32. The van der Waals surface area contributed by atoms with Crippen LogP contribution in [-0.2, 0) is 11.3 Å². The second kappa shape index (κ2) is 7.51. The molecule has 0 bridgehead atoms. The summed E-state index contributed by atoms with van der Waals surface area (Å²) in [5, 5.41) is 13.1.